The molecular formula is C38H50N6O13. The zero-order chi connectivity index (χ0) is 42.4. The molecule has 0 aliphatic carbocycles. The molecule has 0 radical (unpaired) electrons. The van der Waals surface area contributed by atoms with E-state index >= 15 is 4.79 Å². The summed E-state index contributed by atoms with van der Waals surface area (Å²) in [6, 6.07) is 7.50. The van der Waals surface area contributed by atoms with Gasteiger partial charge < -0.3 is 41.0 Å². The van der Waals surface area contributed by atoms with Gasteiger partial charge in [0.2, 0.25) is 5.54 Å². The van der Waals surface area contributed by atoms with Gasteiger partial charge in [-0.3, -0.25) is 39.0 Å². The number of likely N-dealkylation sites (tertiary alicyclic amines) is 1. The third-order valence-electron chi connectivity index (χ3n) is 9.33. The molecule has 0 saturated carbocycles. The summed E-state index contributed by atoms with van der Waals surface area (Å²) in [6.07, 6.45) is -3.88. The minimum Gasteiger partial charge on any atom is -0.481 e. The van der Waals surface area contributed by atoms with E-state index in [-0.39, 0.29) is 63.2 Å². The SMILES string of the molecule is COC(CC(=O)O)C(=O)N1CCC[C@H]1C(=O)C(C(=O)[C@H](C)N)(C(=O)[C@@H](N)CCCCNC(=O)OCc1ccccc1)N(C(=O)Oc1ccc([N+](=O)[O-])cc1)C(C)C. The number of carbonyl (C=O) groups is 7. The summed E-state index contributed by atoms with van der Waals surface area (Å²) in [4.78, 5) is 108. The number of rotatable bonds is 21. The van der Waals surface area contributed by atoms with Crippen molar-refractivity contribution in [3.8, 4) is 5.75 Å². The van der Waals surface area contributed by atoms with Gasteiger partial charge in [0, 0.05) is 38.4 Å². The van der Waals surface area contributed by atoms with Crippen LogP contribution in [0.1, 0.15) is 64.9 Å². The molecule has 0 bridgehead atoms. The van der Waals surface area contributed by atoms with Crippen LogP contribution in [0.25, 0.3) is 0 Å². The summed E-state index contributed by atoms with van der Waals surface area (Å²) in [5.41, 5.74) is 9.98. The van der Waals surface area contributed by atoms with E-state index in [1.54, 1.807) is 24.3 Å². The molecule has 310 valence electrons. The van der Waals surface area contributed by atoms with Gasteiger partial charge in [0.05, 0.1) is 29.5 Å². The fourth-order valence-corrected chi connectivity index (χ4v) is 6.58. The molecule has 1 aliphatic heterocycles. The van der Waals surface area contributed by atoms with Crippen molar-refractivity contribution in [2.45, 2.75) is 102 Å². The Morgan fingerprint density at radius 2 is 1.65 bits per heavy atom. The Hall–Kier alpha value is -5.79. The van der Waals surface area contributed by atoms with Crippen molar-refractivity contribution in [3.05, 3.63) is 70.3 Å². The predicted molar refractivity (Wildman–Crippen MR) is 202 cm³/mol. The van der Waals surface area contributed by atoms with E-state index in [2.05, 4.69) is 5.32 Å². The third kappa shape index (κ3) is 11.4. The van der Waals surface area contributed by atoms with Crippen LogP contribution >= 0.6 is 0 Å². The molecule has 1 heterocycles. The maximum atomic E-state index is 15.2. The molecule has 3 rings (SSSR count). The lowest BCUT2D eigenvalue weighted by Gasteiger charge is -2.45. The number of benzene rings is 2. The molecule has 3 amide bonds. The standard InChI is InChI=1S/C38H50N6O13/c1-23(2)43(37(52)57-27-17-15-26(16-18-27)44(53)54)38(32(47)24(3)39,34(49)29-14-10-20-42(29)35(50)30(55-4)21-31(45)46)33(48)28(40)13-8-9-19-41-36(51)56-22-25-11-6-5-7-12-25/h5-7,11-12,15-18,23-24,28-30H,8-10,13-14,19-22,39-40H2,1-4H3,(H,41,51)(H,45,46)/t24-,28-,29-,30?,38?/m0/s1. The van der Waals surface area contributed by atoms with Gasteiger partial charge in [-0.05, 0) is 70.6 Å². The molecule has 5 atom stereocenters. The number of ether oxygens (including phenoxy) is 3. The highest BCUT2D eigenvalue weighted by molar-refractivity contribution is 6.34. The highest BCUT2D eigenvalue weighted by atomic mass is 16.6. The van der Waals surface area contributed by atoms with E-state index < -0.39 is 88.6 Å². The van der Waals surface area contributed by atoms with Crippen molar-refractivity contribution in [1.29, 1.82) is 0 Å². The van der Waals surface area contributed by atoms with Crippen LogP contribution in [0.3, 0.4) is 0 Å². The molecule has 1 fully saturated rings. The first kappa shape index (κ1) is 45.6. The number of carboxylic acid groups (broad SMARTS) is 1. The van der Waals surface area contributed by atoms with Crippen molar-refractivity contribution in [3.63, 3.8) is 0 Å². The number of non-ortho nitro benzene ring substituents is 1. The number of Topliss-reactive ketones (excluding diaryl/α,β-unsaturated/α-hetero) is 3. The highest BCUT2D eigenvalue weighted by Gasteiger charge is 2.64. The highest BCUT2D eigenvalue weighted by Crippen LogP contribution is 2.34. The number of aliphatic carboxylic acids is 1. The summed E-state index contributed by atoms with van der Waals surface area (Å²) < 4.78 is 15.8. The fraction of sp³-hybridized carbons (Fsp3) is 0.500. The van der Waals surface area contributed by atoms with Gasteiger partial charge in [-0.1, -0.05) is 30.3 Å². The van der Waals surface area contributed by atoms with Gasteiger partial charge in [0.25, 0.3) is 11.6 Å². The minimum absolute atomic E-state index is 0.0461. The molecule has 0 spiro atoms. The van der Waals surface area contributed by atoms with Gasteiger partial charge in [-0.25, -0.2) is 9.59 Å². The number of nitrogens with one attached hydrogen (secondary N) is 1. The molecule has 0 aromatic heterocycles. The van der Waals surface area contributed by atoms with E-state index in [1.807, 2.05) is 6.07 Å². The number of amides is 3. The smallest absolute Gasteiger partial charge is 0.417 e. The van der Waals surface area contributed by atoms with E-state index in [4.69, 9.17) is 25.7 Å². The van der Waals surface area contributed by atoms with Crippen LogP contribution in [0.4, 0.5) is 15.3 Å². The number of carboxylic acids is 1. The fourth-order valence-electron chi connectivity index (χ4n) is 6.58. The van der Waals surface area contributed by atoms with Crippen molar-refractivity contribution in [2.75, 3.05) is 20.2 Å². The summed E-state index contributed by atoms with van der Waals surface area (Å²) in [6.45, 7) is 4.10. The van der Waals surface area contributed by atoms with Gasteiger partial charge in [0.15, 0.2) is 17.3 Å². The largest absolute Gasteiger partial charge is 0.481 e. The zero-order valence-electron chi connectivity index (χ0n) is 32.3. The number of methoxy groups -OCH3 is 1. The van der Waals surface area contributed by atoms with Gasteiger partial charge in [-0.2, -0.15) is 0 Å². The molecule has 19 heteroatoms. The Kier molecular flexibility index (Phi) is 16.7. The lowest BCUT2D eigenvalue weighted by molar-refractivity contribution is -0.384. The van der Waals surface area contributed by atoms with Gasteiger partial charge in [-0.15, -0.1) is 0 Å². The van der Waals surface area contributed by atoms with E-state index in [0.29, 0.717) is 4.90 Å². The second kappa shape index (κ2) is 20.9. The molecule has 19 nitrogen and oxygen atoms in total. The topological polar surface area (TPSA) is 281 Å². The van der Waals surface area contributed by atoms with Crippen molar-refractivity contribution >= 4 is 47.1 Å². The average molecular weight is 799 g/mol. The predicted octanol–water partition coefficient (Wildman–Crippen LogP) is 2.50. The lowest BCUT2D eigenvalue weighted by atomic mass is 9.73. The first-order valence-corrected chi connectivity index (χ1v) is 18.4. The number of hydrogen-bond donors (Lipinski definition) is 4. The Bertz CT molecular complexity index is 1770. The molecule has 2 aromatic rings. The van der Waals surface area contributed by atoms with Crippen LogP contribution in [0.2, 0.25) is 0 Å². The van der Waals surface area contributed by atoms with Crippen molar-refractivity contribution in [2.24, 2.45) is 11.5 Å². The van der Waals surface area contributed by atoms with Crippen LogP contribution in [-0.4, -0.2) is 117 Å². The summed E-state index contributed by atoms with van der Waals surface area (Å²) in [5, 5.41) is 23.2. The Balaban J connectivity index is 2.00. The quantitative estimate of drug-likeness (QED) is 0.0611. The number of nitrogens with two attached hydrogens (primary N) is 2. The molecule has 1 aliphatic rings. The Labute approximate surface area is 329 Å². The Morgan fingerprint density at radius 1 is 1.00 bits per heavy atom. The molecule has 6 N–H and O–H groups in total. The van der Waals surface area contributed by atoms with Crippen molar-refractivity contribution in [1.82, 2.24) is 15.1 Å². The monoisotopic (exact) mass is 798 g/mol. The third-order valence-corrected chi connectivity index (χ3v) is 9.33. The minimum atomic E-state index is -3.08. The number of nitrogens with zero attached hydrogens (tertiary/aromatic N) is 3. The average Bonchev–Trinajstić information content (AvgIpc) is 3.67. The van der Waals surface area contributed by atoms with Crippen LogP contribution < -0.4 is 21.5 Å². The number of alkyl carbamates (subject to hydrolysis) is 1. The normalized spacial score (nSPS) is 16.4. The maximum absolute atomic E-state index is 15.2. The Morgan fingerprint density at radius 3 is 2.21 bits per heavy atom. The van der Waals surface area contributed by atoms with Crippen LogP contribution in [-0.2, 0) is 40.1 Å². The second-order valence-corrected chi connectivity index (χ2v) is 13.8. The first-order valence-electron chi connectivity index (χ1n) is 18.4. The number of carbonyl (C=O) groups excluding carboxylic acids is 6. The van der Waals surface area contributed by atoms with Gasteiger partial charge in [0.1, 0.15) is 18.5 Å². The zero-order valence-corrected chi connectivity index (χ0v) is 32.3. The van der Waals surface area contributed by atoms with E-state index in [0.717, 1.165) is 41.8 Å². The molecule has 1 saturated heterocycles. The van der Waals surface area contributed by atoms with Crippen LogP contribution in [0, 0.1) is 10.1 Å². The van der Waals surface area contributed by atoms with Gasteiger partial charge >= 0.3 is 18.2 Å². The van der Waals surface area contributed by atoms with Crippen LogP contribution in [0.15, 0.2) is 54.6 Å². The first-order chi connectivity index (χ1) is 27.0. The van der Waals surface area contributed by atoms with Crippen LogP contribution in [0.5, 0.6) is 5.75 Å². The van der Waals surface area contributed by atoms with E-state index in [9.17, 15) is 44.0 Å². The molecular weight excluding hydrogens is 748 g/mol. The summed E-state index contributed by atoms with van der Waals surface area (Å²) >= 11 is 0. The number of hydrogen-bond acceptors (Lipinski definition) is 14. The summed E-state index contributed by atoms with van der Waals surface area (Å²) in [7, 11) is 1.11. The number of ketones is 3. The molecule has 2 aromatic carbocycles. The summed E-state index contributed by atoms with van der Waals surface area (Å²) in [5.74, 6) is -6.14. The van der Waals surface area contributed by atoms with E-state index in [1.165, 1.54) is 20.8 Å². The maximum Gasteiger partial charge on any atom is 0.417 e. The number of nitro groups is 1. The molecule has 2 unspecified atom stereocenters. The lowest BCUT2D eigenvalue weighted by Crippen LogP contribution is -2.76. The van der Waals surface area contributed by atoms with Crippen molar-refractivity contribution < 1.29 is 57.8 Å². The number of unbranched alkanes of at least 4 members (excludes halogenated alkanes) is 1. The second-order valence-electron chi connectivity index (χ2n) is 13.8. The number of nitro benzene ring substituents is 1. The molecule has 57 heavy (non-hydrogen) atoms.